The van der Waals surface area contributed by atoms with Gasteiger partial charge >= 0.3 is 12.0 Å². The van der Waals surface area contributed by atoms with Crippen molar-refractivity contribution < 1.29 is 19.5 Å². The Morgan fingerprint density at radius 3 is 2.31 bits per heavy atom. The first kappa shape index (κ1) is 14.4. The van der Waals surface area contributed by atoms with Crippen LogP contribution in [-0.2, 0) is 9.59 Å². The van der Waals surface area contributed by atoms with Crippen LogP contribution in [-0.4, -0.2) is 47.5 Å². The van der Waals surface area contributed by atoms with Gasteiger partial charge in [0.1, 0.15) is 13.1 Å². The van der Waals surface area contributed by atoms with Gasteiger partial charge in [0.25, 0.3) is 0 Å². The van der Waals surface area contributed by atoms with E-state index in [1.807, 2.05) is 0 Å². The van der Waals surface area contributed by atoms with Crippen molar-refractivity contribution in [3.63, 3.8) is 0 Å². The molecular weight excluding hydrogens is 282 g/mol. The van der Waals surface area contributed by atoms with Crippen molar-refractivity contribution >= 4 is 33.8 Å². The molecule has 3 amide bonds. The smallest absolute Gasteiger partial charge is 0.323 e. The second-order valence-corrected chi connectivity index (χ2v) is 4.01. The number of hydrogen-bond acceptors (Lipinski definition) is 3. The van der Waals surface area contributed by atoms with Crippen molar-refractivity contribution in [2.45, 2.75) is 0 Å². The highest BCUT2D eigenvalue weighted by Gasteiger charge is 2.18. The molecule has 0 aromatic heterocycles. The number of carbonyl (C=O) groups excluding carboxylic acids is 2. The molecule has 0 aromatic carbocycles. The third-order valence-electron chi connectivity index (χ3n) is 1.39. The van der Waals surface area contributed by atoms with Crippen molar-refractivity contribution in [1.82, 2.24) is 10.2 Å². The number of halogens is 1. The second-order valence-electron chi connectivity index (χ2n) is 2.89. The summed E-state index contributed by atoms with van der Waals surface area (Å²) in [6.45, 7) is 2.57. The van der Waals surface area contributed by atoms with Crippen molar-refractivity contribution in [1.29, 1.82) is 0 Å². The molecule has 0 rings (SSSR count). The van der Waals surface area contributed by atoms with Gasteiger partial charge in [-0.2, -0.15) is 0 Å². The molecule has 0 heterocycles. The fourth-order valence-corrected chi connectivity index (χ4v) is 0.974. The number of nitrogens with zero attached hydrogens (tertiary/aromatic N) is 1. The lowest BCUT2D eigenvalue weighted by atomic mass is 10.4. The molecule has 0 saturated heterocycles. The molecule has 0 unspecified atom stereocenters. The third-order valence-corrected chi connectivity index (χ3v) is 1.67. The summed E-state index contributed by atoms with van der Waals surface area (Å²) in [5.74, 6) is -2.01. The van der Waals surface area contributed by atoms with Crippen molar-refractivity contribution in [2.75, 3.05) is 19.6 Å². The van der Waals surface area contributed by atoms with E-state index in [4.69, 9.17) is 10.8 Å². The third kappa shape index (κ3) is 6.82. The minimum Gasteiger partial charge on any atom is -0.480 e. The van der Waals surface area contributed by atoms with Gasteiger partial charge < -0.3 is 21.1 Å². The van der Waals surface area contributed by atoms with E-state index >= 15 is 0 Å². The number of amides is 3. The molecule has 0 aliphatic heterocycles. The number of rotatable bonds is 6. The van der Waals surface area contributed by atoms with E-state index in [1.165, 1.54) is 0 Å². The molecule has 4 N–H and O–H groups in total. The molecular formula is C8H12BrN3O4. The summed E-state index contributed by atoms with van der Waals surface area (Å²) in [6, 6.07) is -0.693. The summed E-state index contributed by atoms with van der Waals surface area (Å²) in [6.07, 6.45) is 0. The maximum atomic E-state index is 11.4. The number of nitrogens with one attached hydrogen (secondary N) is 1. The number of carboxylic acid groups (broad SMARTS) is 1. The fraction of sp³-hybridized carbons (Fsp3) is 0.375. The largest absolute Gasteiger partial charge is 0.480 e. The van der Waals surface area contributed by atoms with E-state index in [0.29, 0.717) is 4.48 Å². The lowest BCUT2D eigenvalue weighted by molar-refractivity contribution is -0.137. The minimum absolute atomic E-state index is 0.133. The quantitative estimate of drug-likeness (QED) is 0.611. The number of aliphatic carboxylic acids is 1. The molecule has 90 valence electrons. The summed E-state index contributed by atoms with van der Waals surface area (Å²) in [5, 5.41) is 10.9. The van der Waals surface area contributed by atoms with Crippen LogP contribution < -0.4 is 11.1 Å². The van der Waals surface area contributed by atoms with Crippen LogP contribution >= 0.6 is 15.9 Å². The minimum atomic E-state index is -1.23. The van der Waals surface area contributed by atoms with Gasteiger partial charge in [0.2, 0.25) is 5.91 Å². The number of carbonyl (C=O) groups is 3. The van der Waals surface area contributed by atoms with Gasteiger partial charge in [-0.3, -0.25) is 9.59 Å². The summed E-state index contributed by atoms with van der Waals surface area (Å²) < 4.78 is 0.523. The van der Waals surface area contributed by atoms with Crippen LogP contribution in [0, 0.1) is 0 Å². The van der Waals surface area contributed by atoms with Crippen LogP contribution in [0.3, 0.4) is 0 Å². The Kier molecular flexibility index (Phi) is 6.16. The standard InChI is InChI=1S/C8H12BrN3O4/c1-5(9)2-11-8(16)12(3-6(10)13)4-7(14)15/h1-4H2,(H2,10,13)(H,11,16)(H,14,15). The maximum absolute atomic E-state index is 11.4. The molecule has 0 saturated carbocycles. The maximum Gasteiger partial charge on any atom is 0.323 e. The van der Waals surface area contributed by atoms with E-state index in [2.05, 4.69) is 27.8 Å². The fourth-order valence-electron chi connectivity index (χ4n) is 0.834. The monoisotopic (exact) mass is 293 g/mol. The normalized spacial score (nSPS) is 9.31. The van der Waals surface area contributed by atoms with E-state index in [9.17, 15) is 14.4 Å². The molecule has 8 heteroatoms. The topological polar surface area (TPSA) is 113 Å². The molecule has 16 heavy (non-hydrogen) atoms. The molecule has 0 aliphatic rings. The Balaban J connectivity index is 4.36. The first-order valence-corrected chi connectivity index (χ1v) is 4.98. The molecule has 7 nitrogen and oxygen atoms in total. The summed E-state index contributed by atoms with van der Waals surface area (Å²) >= 11 is 3.02. The van der Waals surface area contributed by atoms with Gasteiger partial charge in [0, 0.05) is 4.48 Å². The van der Waals surface area contributed by atoms with E-state index < -0.39 is 31.0 Å². The number of urea groups is 1. The number of hydrogen-bond donors (Lipinski definition) is 3. The Labute approximate surface area is 100 Å². The van der Waals surface area contributed by atoms with Gasteiger partial charge in [-0.25, -0.2) is 4.79 Å². The van der Waals surface area contributed by atoms with E-state index in [1.54, 1.807) is 0 Å². The van der Waals surface area contributed by atoms with E-state index in [-0.39, 0.29) is 6.54 Å². The molecule has 0 aliphatic carbocycles. The van der Waals surface area contributed by atoms with Crippen LogP contribution in [0.4, 0.5) is 4.79 Å². The van der Waals surface area contributed by atoms with Crippen molar-refractivity contribution in [3.8, 4) is 0 Å². The van der Waals surface area contributed by atoms with Gasteiger partial charge in [0.05, 0.1) is 6.54 Å². The first-order chi connectivity index (χ1) is 7.32. The second kappa shape index (κ2) is 6.83. The predicted molar refractivity (Wildman–Crippen MR) is 59.9 cm³/mol. The van der Waals surface area contributed by atoms with Gasteiger partial charge in [-0.15, -0.1) is 0 Å². The lowest BCUT2D eigenvalue weighted by Crippen LogP contribution is -2.46. The summed E-state index contributed by atoms with van der Waals surface area (Å²) in [7, 11) is 0. The molecule has 0 fully saturated rings. The Bertz CT molecular complexity index is 302. The predicted octanol–water partition coefficient (Wildman–Crippen LogP) is -0.523. The highest BCUT2D eigenvalue weighted by Crippen LogP contribution is 1.98. The SMILES string of the molecule is C=C(Br)CNC(=O)N(CC(N)=O)CC(=O)O. The van der Waals surface area contributed by atoms with E-state index in [0.717, 1.165) is 4.90 Å². The molecule has 0 radical (unpaired) electrons. The van der Waals surface area contributed by atoms with Crippen molar-refractivity contribution in [2.24, 2.45) is 5.73 Å². The lowest BCUT2D eigenvalue weighted by Gasteiger charge is -2.19. The highest BCUT2D eigenvalue weighted by atomic mass is 79.9. The van der Waals surface area contributed by atoms with Crippen LogP contribution in [0.15, 0.2) is 11.1 Å². The zero-order chi connectivity index (χ0) is 12.7. The highest BCUT2D eigenvalue weighted by molar-refractivity contribution is 9.11. The van der Waals surface area contributed by atoms with Crippen LogP contribution in [0.1, 0.15) is 0 Å². The number of carboxylic acids is 1. The van der Waals surface area contributed by atoms with Crippen LogP contribution in [0.2, 0.25) is 0 Å². The average Bonchev–Trinajstić information content (AvgIpc) is 2.11. The van der Waals surface area contributed by atoms with Crippen LogP contribution in [0.5, 0.6) is 0 Å². The molecule has 0 bridgehead atoms. The molecule has 0 atom stereocenters. The molecule has 0 spiro atoms. The van der Waals surface area contributed by atoms with Gasteiger partial charge in [-0.1, -0.05) is 22.5 Å². The van der Waals surface area contributed by atoms with Crippen LogP contribution in [0.25, 0.3) is 0 Å². The van der Waals surface area contributed by atoms with Gasteiger partial charge in [0.15, 0.2) is 0 Å². The zero-order valence-corrected chi connectivity index (χ0v) is 9.99. The number of nitrogens with two attached hydrogens (primary N) is 1. The number of primary amides is 1. The Hall–Kier alpha value is -1.57. The average molecular weight is 294 g/mol. The first-order valence-electron chi connectivity index (χ1n) is 4.19. The summed E-state index contributed by atoms with van der Waals surface area (Å²) in [4.78, 5) is 33.2. The molecule has 0 aromatic rings. The zero-order valence-electron chi connectivity index (χ0n) is 8.40. The Morgan fingerprint density at radius 1 is 1.38 bits per heavy atom. The Morgan fingerprint density at radius 2 is 1.94 bits per heavy atom. The van der Waals surface area contributed by atoms with Crippen molar-refractivity contribution in [3.05, 3.63) is 11.1 Å². The van der Waals surface area contributed by atoms with Gasteiger partial charge in [-0.05, 0) is 0 Å². The summed E-state index contributed by atoms with van der Waals surface area (Å²) in [5.41, 5.74) is 4.88.